The third-order valence-corrected chi connectivity index (χ3v) is 6.99. The van der Waals surface area contributed by atoms with Gasteiger partial charge in [-0.2, -0.15) is 0 Å². The number of hydrogen-bond acceptors (Lipinski definition) is 2. The summed E-state index contributed by atoms with van der Waals surface area (Å²) >= 11 is 0. The normalized spacial score (nSPS) is 34.2. The minimum Gasteiger partial charge on any atom is -0.239 e. The largest absolute Gasteiger partial charge is 0.239 e. The van der Waals surface area contributed by atoms with E-state index in [1.807, 2.05) is 0 Å². The van der Waals surface area contributed by atoms with Crippen molar-refractivity contribution in [2.75, 3.05) is 13.1 Å². The molecule has 2 fully saturated rings. The van der Waals surface area contributed by atoms with Gasteiger partial charge in [-0.05, 0) is 59.8 Å². The first-order valence-corrected chi connectivity index (χ1v) is 9.61. The molecular formula is C22H24N2. The molecule has 122 valence electrons. The first-order chi connectivity index (χ1) is 11.9. The molecule has 0 aromatic heterocycles. The Labute approximate surface area is 144 Å². The van der Waals surface area contributed by atoms with E-state index in [0.29, 0.717) is 12.1 Å². The molecule has 0 amide bonds. The summed E-state index contributed by atoms with van der Waals surface area (Å²) in [7, 11) is 0. The number of benzene rings is 2. The number of hydrazine groups is 1. The smallest absolute Gasteiger partial charge is 0.0506 e. The summed E-state index contributed by atoms with van der Waals surface area (Å²) in [5, 5.41) is 5.53. The van der Waals surface area contributed by atoms with Crippen molar-refractivity contribution in [2.24, 2.45) is 0 Å². The molecule has 2 aromatic rings. The van der Waals surface area contributed by atoms with Gasteiger partial charge in [0.25, 0.3) is 0 Å². The average Bonchev–Trinajstić information content (AvgIpc) is 3.07. The van der Waals surface area contributed by atoms with Gasteiger partial charge in [0.2, 0.25) is 0 Å². The molecule has 5 aliphatic rings. The Hall–Kier alpha value is -1.64. The Balaban J connectivity index is 1.38. The molecular weight excluding hydrogens is 292 g/mol. The fraction of sp³-hybridized carbons (Fsp3) is 0.455. The molecule has 4 atom stereocenters. The molecule has 2 heteroatoms. The zero-order valence-corrected chi connectivity index (χ0v) is 14.1. The molecule has 1 aliphatic carbocycles. The summed E-state index contributed by atoms with van der Waals surface area (Å²) < 4.78 is 0. The van der Waals surface area contributed by atoms with Crippen LogP contribution in [0, 0.1) is 0 Å². The zero-order chi connectivity index (χ0) is 15.7. The van der Waals surface area contributed by atoms with Gasteiger partial charge in [-0.3, -0.25) is 0 Å². The van der Waals surface area contributed by atoms with Crippen LogP contribution in [0.25, 0.3) is 0 Å². The van der Waals surface area contributed by atoms with Crippen molar-refractivity contribution in [3.05, 3.63) is 70.8 Å². The van der Waals surface area contributed by atoms with E-state index in [2.05, 4.69) is 58.5 Å². The second kappa shape index (κ2) is 4.93. The van der Waals surface area contributed by atoms with E-state index in [1.165, 1.54) is 38.8 Å². The van der Waals surface area contributed by atoms with Crippen LogP contribution in [0.4, 0.5) is 0 Å². The highest BCUT2D eigenvalue weighted by Gasteiger charge is 2.48. The van der Waals surface area contributed by atoms with Crippen LogP contribution in [0.5, 0.6) is 0 Å². The van der Waals surface area contributed by atoms with Crippen LogP contribution < -0.4 is 0 Å². The topological polar surface area (TPSA) is 6.48 Å². The minimum absolute atomic E-state index is 0.631. The van der Waals surface area contributed by atoms with Gasteiger partial charge in [0.05, 0.1) is 12.1 Å². The fourth-order valence-electron chi connectivity index (χ4n) is 6.02. The first-order valence-electron chi connectivity index (χ1n) is 9.61. The molecule has 7 rings (SSSR count). The van der Waals surface area contributed by atoms with Gasteiger partial charge in [0, 0.05) is 13.1 Å². The van der Waals surface area contributed by atoms with E-state index >= 15 is 0 Å². The maximum absolute atomic E-state index is 2.78. The van der Waals surface area contributed by atoms with Gasteiger partial charge in [-0.1, -0.05) is 48.5 Å². The number of hydrogen-bond donors (Lipinski definition) is 0. The van der Waals surface area contributed by atoms with Crippen molar-refractivity contribution in [1.82, 2.24) is 10.0 Å². The predicted octanol–water partition coefficient (Wildman–Crippen LogP) is 4.77. The summed E-state index contributed by atoms with van der Waals surface area (Å²) in [5.41, 5.74) is 6.48. The monoisotopic (exact) mass is 316 g/mol. The van der Waals surface area contributed by atoms with Crippen molar-refractivity contribution in [2.45, 2.75) is 49.6 Å². The van der Waals surface area contributed by atoms with Gasteiger partial charge in [0.1, 0.15) is 0 Å². The summed E-state index contributed by atoms with van der Waals surface area (Å²) in [5.74, 6) is 1.45. The molecule has 2 nitrogen and oxygen atoms in total. The lowest BCUT2D eigenvalue weighted by molar-refractivity contribution is -0.0590. The molecule has 2 saturated heterocycles. The van der Waals surface area contributed by atoms with Gasteiger partial charge in [0.15, 0.2) is 0 Å². The predicted molar refractivity (Wildman–Crippen MR) is 95.7 cm³/mol. The Morgan fingerprint density at radius 2 is 1.04 bits per heavy atom. The van der Waals surface area contributed by atoms with Crippen LogP contribution in [0.2, 0.25) is 0 Å². The summed E-state index contributed by atoms with van der Waals surface area (Å²) in [6.07, 6.45) is 5.41. The third-order valence-electron chi connectivity index (χ3n) is 6.99. The standard InChI is InChI=1S/C22H24N2/c1-2-6-18-16-10-9-15(17(18)5-1)13-23(14-16)24-21-11-12-22(24)20-8-4-3-7-19(20)21/h1-8,15-16,21-22H,9-14H2. The molecule has 0 N–H and O–H groups in total. The maximum atomic E-state index is 2.78. The van der Waals surface area contributed by atoms with E-state index in [4.69, 9.17) is 0 Å². The average molecular weight is 316 g/mol. The van der Waals surface area contributed by atoms with Gasteiger partial charge < -0.3 is 0 Å². The lowest BCUT2D eigenvalue weighted by atomic mass is 9.78. The molecule has 24 heavy (non-hydrogen) atoms. The van der Waals surface area contributed by atoms with Gasteiger partial charge in [-0.15, -0.1) is 0 Å². The van der Waals surface area contributed by atoms with Crippen molar-refractivity contribution >= 4 is 0 Å². The maximum Gasteiger partial charge on any atom is 0.0506 e. The summed E-state index contributed by atoms with van der Waals surface area (Å²) in [4.78, 5) is 0. The lowest BCUT2D eigenvalue weighted by Crippen LogP contribution is -2.42. The van der Waals surface area contributed by atoms with Crippen LogP contribution in [0.15, 0.2) is 48.5 Å². The van der Waals surface area contributed by atoms with Crippen LogP contribution in [0.3, 0.4) is 0 Å². The Morgan fingerprint density at radius 3 is 1.54 bits per heavy atom. The summed E-state index contributed by atoms with van der Waals surface area (Å²) in [6, 6.07) is 19.7. The van der Waals surface area contributed by atoms with E-state index in [1.54, 1.807) is 22.3 Å². The van der Waals surface area contributed by atoms with Crippen molar-refractivity contribution in [3.8, 4) is 0 Å². The van der Waals surface area contributed by atoms with Crippen LogP contribution >= 0.6 is 0 Å². The molecule has 4 unspecified atom stereocenters. The van der Waals surface area contributed by atoms with Gasteiger partial charge in [-0.25, -0.2) is 10.0 Å². The Bertz CT molecular complexity index is 734. The Kier molecular flexibility index (Phi) is 2.80. The Morgan fingerprint density at radius 1 is 0.583 bits per heavy atom. The lowest BCUT2D eigenvalue weighted by Gasteiger charge is -2.36. The van der Waals surface area contributed by atoms with Crippen LogP contribution in [0.1, 0.15) is 71.9 Å². The second-order valence-electron chi connectivity index (χ2n) is 8.09. The molecule has 2 aromatic carbocycles. The molecule has 0 saturated carbocycles. The van der Waals surface area contributed by atoms with Crippen LogP contribution in [-0.4, -0.2) is 23.1 Å². The van der Waals surface area contributed by atoms with Crippen molar-refractivity contribution < 1.29 is 0 Å². The summed E-state index contributed by atoms with van der Waals surface area (Å²) in [6.45, 7) is 2.43. The van der Waals surface area contributed by atoms with E-state index < -0.39 is 0 Å². The highest BCUT2D eigenvalue weighted by atomic mass is 15.7. The number of fused-ring (bicyclic) bond motifs is 9. The molecule has 4 heterocycles. The molecule has 0 radical (unpaired) electrons. The third kappa shape index (κ3) is 1.73. The minimum atomic E-state index is 0.631. The fourth-order valence-corrected chi connectivity index (χ4v) is 6.02. The second-order valence-corrected chi connectivity index (χ2v) is 8.09. The first kappa shape index (κ1) is 13.6. The molecule has 4 aliphatic heterocycles. The highest BCUT2D eigenvalue weighted by molar-refractivity contribution is 5.41. The molecule has 0 spiro atoms. The number of rotatable bonds is 1. The van der Waals surface area contributed by atoms with E-state index in [-0.39, 0.29) is 0 Å². The zero-order valence-electron chi connectivity index (χ0n) is 14.1. The van der Waals surface area contributed by atoms with Crippen molar-refractivity contribution in [3.63, 3.8) is 0 Å². The van der Waals surface area contributed by atoms with Crippen molar-refractivity contribution in [1.29, 1.82) is 0 Å². The van der Waals surface area contributed by atoms with Crippen LogP contribution in [-0.2, 0) is 0 Å². The highest BCUT2D eigenvalue weighted by Crippen LogP contribution is 2.55. The quantitative estimate of drug-likeness (QED) is 0.748. The van der Waals surface area contributed by atoms with E-state index in [9.17, 15) is 0 Å². The number of nitrogens with zero attached hydrogens (tertiary/aromatic N) is 2. The van der Waals surface area contributed by atoms with E-state index in [0.717, 1.165) is 11.8 Å². The van der Waals surface area contributed by atoms with Gasteiger partial charge >= 0.3 is 0 Å². The molecule has 4 bridgehead atoms. The SMILES string of the molecule is c1ccc2c(c1)C1CCC2CN(N2C3CCC2c2ccccc23)C1.